The monoisotopic (exact) mass is 432 g/mol. The van der Waals surface area contributed by atoms with Gasteiger partial charge in [-0.3, -0.25) is 14.4 Å². The Bertz CT molecular complexity index is 484. The van der Waals surface area contributed by atoms with Gasteiger partial charge in [0.1, 0.15) is 11.8 Å². The molecule has 1 heterocycles. The standard InChI is InChI=1S/C18H29BrN2O5/c19-13-17(24)20-10-7-5-3-1-2-4-6-8-14(22)12-16(23)21-15-9-11-26-18(15)25/h15H,1-13H2,(H,20,24)(H,21,23)/t15-/m0/s1. The number of cyclic esters (lactones) is 1. The van der Waals surface area contributed by atoms with Crippen molar-refractivity contribution in [1.82, 2.24) is 10.6 Å². The van der Waals surface area contributed by atoms with Crippen LogP contribution in [0.3, 0.4) is 0 Å². The van der Waals surface area contributed by atoms with Crippen LogP contribution in [0.4, 0.5) is 0 Å². The van der Waals surface area contributed by atoms with Crippen LogP contribution in [0, 0.1) is 0 Å². The summed E-state index contributed by atoms with van der Waals surface area (Å²) in [6.07, 6.45) is 7.87. The molecular formula is C18H29BrN2O5. The molecule has 1 saturated heterocycles. The minimum Gasteiger partial charge on any atom is -0.464 e. The molecule has 0 aromatic heterocycles. The fourth-order valence-electron chi connectivity index (χ4n) is 2.75. The number of hydrogen-bond donors (Lipinski definition) is 2. The van der Waals surface area contributed by atoms with Gasteiger partial charge in [0, 0.05) is 19.4 Å². The fraction of sp³-hybridized carbons (Fsp3) is 0.778. The second kappa shape index (κ2) is 13.7. The molecule has 0 aromatic rings. The van der Waals surface area contributed by atoms with E-state index in [1.54, 1.807) is 0 Å². The number of carbonyl (C=O) groups excluding carboxylic acids is 4. The van der Waals surface area contributed by atoms with Crippen LogP contribution in [-0.2, 0) is 23.9 Å². The van der Waals surface area contributed by atoms with Gasteiger partial charge in [0.25, 0.3) is 0 Å². The predicted octanol–water partition coefficient (Wildman–Crippen LogP) is 2.01. The molecule has 1 atom stereocenters. The Morgan fingerprint density at radius 3 is 2.27 bits per heavy atom. The third-order valence-corrected chi connectivity index (χ3v) is 4.71. The van der Waals surface area contributed by atoms with Crippen LogP contribution in [0.15, 0.2) is 0 Å². The lowest BCUT2D eigenvalue weighted by molar-refractivity contribution is -0.142. The van der Waals surface area contributed by atoms with E-state index < -0.39 is 17.9 Å². The van der Waals surface area contributed by atoms with E-state index in [0.717, 1.165) is 51.5 Å². The molecule has 1 aliphatic rings. The summed E-state index contributed by atoms with van der Waals surface area (Å²) in [6.45, 7) is 1.04. The Morgan fingerprint density at radius 1 is 1.00 bits per heavy atom. The normalized spacial score (nSPS) is 16.2. The second-order valence-electron chi connectivity index (χ2n) is 6.50. The maximum absolute atomic E-state index is 11.8. The first-order valence-electron chi connectivity index (χ1n) is 9.33. The molecule has 0 unspecified atom stereocenters. The van der Waals surface area contributed by atoms with Gasteiger partial charge in [-0.2, -0.15) is 0 Å². The third-order valence-electron chi connectivity index (χ3n) is 4.20. The maximum atomic E-state index is 11.8. The van der Waals surface area contributed by atoms with Crippen molar-refractivity contribution in [3.8, 4) is 0 Å². The SMILES string of the molecule is O=C(CCCCCCCCCNC(=O)CBr)CC(=O)N[C@H]1CCOC1=O. The average molecular weight is 433 g/mol. The molecule has 1 fully saturated rings. The minimum absolute atomic E-state index is 0.0199. The largest absolute Gasteiger partial charge is 0.464 e. The Hall–Kier alpha value is -1.44. The first kappa shape index (κ1) is 22.6. The number of alkyl halides is 1. The number of carbonyl (C=O) groups is 4. The zero-order valence-electron chi connectivity index (χ0n) is 15.2. The summed E-state index contributed by atoms with van der Waals surface area (Å²) in [5.74, 6) is -0.884. The average Bonchev–Trinajstić information content (AvgIpc) is 3.00. The molecule has 2 amide bonds. The molecule has 0 aliphatic carbocycles. The van der Waals surface area contributed by atoms with E-state index in [1.165, 1.54) is 0 Å². The van der Waals surface area contributed by atoms with Crippen molar-refractivity contribution < 1.29 is 23.9 Å². The van der Waals surface area contributed by atoms with Gasteiger partial charge in [0.05, 0.1) is 18.4 Å². The van der Waals surface area contributed by atoms with Crippen LogP contribution in [0.5, 0.6) is 0 Å². The maximum Gasteiger partial charge on any atom is 0.328 e. The van der Waals surface area contributed by atoms with Crippen LogP contribution < -0.4 is 10.6 Å². The fourth-order valence-corrected chi connectivity index (χ4v) is 2.94. The van der Waals surface area contributed by atoms with Crippen molar-refractivity contribution in [2.24, 2.45) is 0 Å². The van der Waals surface area contributed by atoms with Crippen LogP contribution in [0.2, 0.25) is 0 Å². The Kier molecular flexibility index (Phi) is 11.9. The molecule has 7 nitrogen and oxygen atoms in total. The molecular weight excluding hydrogens is 404 g/mol. The number of unbranched alkanes of at least 4 members (excludes halogenated alkanes) is 6. The zero-order valence-corrected chi connectivity index (χ0v) is 16.8. The van der Waals surface area contributed by atoms with Crippen molar-refractivity contribution in [1.29, 1.82) is 0 Å². The van der Waals surface area contributed by atoms with Crippen LogP contribution in [0.25, 0.3) is 0 Å². The number of ketones is 1. The van der Waals surface area contributed by atoms with Crippen LogP contribution in [0.1, 0.15) is 64.2 Å². The van der Waals surface area contributed by atoms with E-state index in [2.05, 4.69) is 26.6 Å². The van der Waals surface area contributed by atoms with Crippen molar-refractivity contribution in [2.75, 3.05) is 18.5 Å². The first-order chi connectivity index (χ1) is 12.5. The van der Waals surface area contributed by atoms with Gasteiger partial charge < -0.3 is 15.4 Å². The lowest BCUT2D eigenvalue weighted by atomic mass is 10.1. The molecule has 1 aliphatic heterocycles. The summed E-state index contributed by atoms with van der Waals surface area (Å²) in [7, 11) is 0. The molecule has 148 valence electrons. The highest BCUT2D eigenvalue weighted by Gasteiger charge is 2.28. The number of esters is 1. The molecule has 0 bridgehead atoms. The molecule has 1 rings (SSSR count). The lowest BCUT2D eigenvalue weighted by Crippen LogP contribution is -2.38. The summed E-state index contributed by atoms with van der Waals surface area (Å²) < 4.78 is 4.76. The number of ether oxygens (including phenoxy) is 1. The molecule has 0 radical (unpaired) electrons. The van der Waals surface area contributed by atoms with Gasteiger partial charge >= 0.3 is 5.97 Å². The van der Waals surface area contributed by atoms with E-state index in [-0.39, 0.29) is 18.1 Å². The van der Waals surface area contributed by atoms with Crippen molar-refractivity contribution in [3.63, 3.8) is 0 Å². The summed E-state index contributed by atoms with van der Waals surface area (Å²) in [6, 6.07) is -0.594. The van der Waals surface area contributed by atoms with Gasteiger partial charge in [0.15, 0.2) is 0 Å². The molecule has 0 aromatic carbocycles. The molecule has 2 N–H and O–H groups in total. The first-order valence-corrected chi connectivity index (χ1v) is 10.5. The van der Waals surface area contributed by atoms with Crippen LogP contribution in [-0.4, -0.2) is 48.1 Å². The van der Waals surface area contributed by atoms with E-state index in [1.807, 2.05) is 0 Å². The van der Waals surface area contributed by atoms with E-state index in [9.17, 15) is 19.2 Å². The molecule has 26 heavy (non-hydrogen) atoms. The number of rotatable bonds is 14. The quantitative estimate of drug-likeness (QED) is 0.189. The molecule has 8 heteroatoms. The van der Waals surface area contributed by atoms with Crippen LogP contribution >= 0.6 is 15.9 Å². The van der Waals surface area contributed by atoms with Gasteiger partial charge in [-0.25, -0.2) is 4.79 Å². The number of Topliss-reactive ketones (excluding diaryl/α,β-unsaturated/α-hetero) is 1. The minimum atomic E-state index is -0.594. The Balaban J connectivity index is 1.91. The highest BCUT2D eigenvalue weighted by molar-refractivity contribution is 9.09. The summed E-state index contributed by atoms with van der Waals surface area (Å²) in [4.78, 5) is 45.8. The van der Waals surface area contributed by atoms with Crippen molar-refractivity contribution >= 4 is 39.5 Å². The lowest BCUT2D eigenvalue weighted by Gasteiger charge is -2.08. The number of amides is 2. The predicted molar refractivity (Wildman–Crippen MR) is 101 cm³/mol. The van der Waals surface area contributed by atoms with E-state index in [4.69, 9.17) is 4.74 Å². The smallest absolute Gasteiger partial charge is 0.328 e. The highest BCUT2D eigenvalue weighted by Crippen LogP contribution is 2.10. The van der Waals surface area contributed by atoms with Crippen molar-refractivity contribution in [3.05, 3.63) is 0 Å². The number of nitrogens with one attached hydrogen (secondary N) is 2. The zero-order chi connectivity index (χ0) is 19.2. The number of halogens is 1. The molecule has 0 spiro atoms. The second-order valence-corrected chi connectivity index (χ2v) is 7.06. The summed E-state index contributed by atoms with van der Waals surface area (Å²) >= 11 is 3.10. The Labute approximate surface area is 163 Å². The Morgan fingerprint density at radius 2 is 1.65 bits per heavy atom. The highest BCUT2D eigenvalue weighted by atomic mass is 79.9. The van der Waals surface area contributed by atoms with Gasteiger partial charge in [-0.15, -0.1) is 0 Å². The third kappa shape index (κ3) is 10.5. The topological polar surface area (TPSA) is 102 Å². The van der Waals surface area contributed by atoms with Gasteiger partial charge in [-0.05, 0) is 12.8 Å². The number of hydrogen-bond acceptors (Lipinski definition) is 5. The van der Waals surface area contributed by atoms with Crippen molar-refractivity contribution in [2.45, 2.75) is 70.3 Å². The van der Waals surface area contributed by atoms with Gasteiger partial charge in [0.2, 0.25) is 11.8 Å². The summed E-state index contributed by atoms with van der Waals surface area (Å²) in [5.41, 5.74) is 0. The summed E-state index contributed by atoms with van der Waals surface area (Å²) in [5, 5.41) is 5.70. The molecule has 0 saturated carbocycles. The van der Waals surface area contributed by atoms with Gasteiger partial charge in [-0.1, -0.05) is 48.0 Å². The van der Waals surface area contributed by atoms with E-state index in [0.29, 0.717) is 24.8 Å². The van der Waals surface area contributed by atoms with E-state index >= 15 is 0 Å².